The molecule has 0 aromatic carbocycles. The van der Waals surface area contributed by atoms with Gasteiger partial charge in [-0.15, -0.1) is 5.92 Å². The van der Waals surface area contributed by atoms with E-state index in [2.05, 4.69) is 13.8 Å². The topological polar surface area (TPSA) is 12.5 Å². The fraction of sp³-hybridized carbons (Fsp3) is 0.800. The van der Waals surface area contributed by atoms with Crippen molar-refractivity contribution in [3.63, 3.8) is 0 Å². The van der Waals surface area contributed by atoms with Crippen molar-refractivity contribution in [1.29, 1.82) is 0 Å². The molecule has 2 atom stereocenters. The molecule has 0 aliphatic carbocycles. The molecule has 2 heteroatoms. The average molecular weight is 174 g/mol. The van der Waals surface area contributed by atoms with Gasteiger partial charge in [-0.25, -0.2) is 0 Å². The summed E-state index contributed by atoms with van der Waals surface area (Å²) < 4.78 is 4.91. The Bertz CT molecular complexity index is 50.0. The summed E-state index contributed by atoms with van der Waals surface area (Å²) in [6.07, 6.45) is 0.491. The summed E-state index contributed by atoms with van der Waals surface area (Å²) in [5, 5.41) is 0. The number of rotatable bonds is 1. The normalized spacial score (nSPS) is 30.9. The number of epoxide rings is 1. The van der Waals surface area contributed by atoms with Crippen LogP contribution in [0.15, 0.2) is 0 Å². The van der Waals surface area contributed by atoms with Crippen molar-refractivity contribution in [3.8, 4) is 0 Å². The second-order valence-corrected chi connectivity index (χ2v) is 1.85. The van der Waals surface area contributed by atoms with Gasteiger partial charge in [0.2, 0.25) is 0 Å². The summed E-state index contributed by atoms with van der Waals surface area (Å²) in [7, 11) is 0. The van der Waals surface area contributed by atoms with Gasteiger partial charge in [0.15, 0.2) is 0 Å². The predicted octanol–water partition coefficient (Wildman–Crippen LogP) is 0.853. The van der Waals surface area contributed by atoms with Crippen molar-refractivity contribution in [1.82, 2.24) is 0 Å². The zero-order valence-corrected chi connectivity index (χ0v) is 7.39. The van der Waals surface area contributed by atoms with Crippen LogP contribution < -0.4 is 0 Å². The van der Waals surface area contributed by atoms with Crippen LogP contribution in [0.25, 0.3) is 0 Å². The van der Waals surface area contributed by atoms with E-state index < -0.39 is 0 Å². The van der Waals surface area contributed by atoms with Gasteiger partial charge in [0.05, 0.1) is 12.7 Å². The van der Waals surface area contributed by atoms with Crippen LogP contribution in [0.5, 0.6) is 0 Å². The molecule has 0 bridgehead atoms. The van der Waals surface area contributed by atoms with Gasteiger partial charge in [-0.3, -0.25) is 0 Å². The molecule has 1 aliphatic heterocycles. The molecule has 0 spiro atoms. The van der Waals surface area contributed by atoms with Crippen molar-refractivity contribution in [2.75, 3.05) is 6.61 Å². The van der Waals surface area contributed by atoms with Crippen molar-refractivity contribution < 1.29 is 37.4 Å². The Balaban J connectivity index is 0.000000360. The van der Waals surface area contributed by atoms with Crippen LogP contribution >= 0.6 is 0 Å². The predicted molar refractivity (Wildman–Crippen MR) is 24.3 cm³/mol. The summed E-state index contributed by atoms with van der Waals surface area (Å²) in [5.74, 6) is 0.491. The van der Waals surface area contributed by atoms with Crippen LogP contribution in [0.3, 0.4) is 0 Å². The molecule has 1 fully saturated rings. The fourth-order valence-electron chi connectivity index (χ4n) is 0.384. The summed E-state index contributed by atoms with van der Waals surface area (Å²) in [6.45, 7) is 6.78. The van der Waals surface area contributed by atoms with Gasteiger partial charge < -0.3 is 11.7 Å². The molecule has 1 aliphatic rings. The van der Waals surface area contributed by atoms with E-state index in [1.807, 2.05) is 0 Å². The minimum absolute atomic E-state index is 0. The van der Waals surface area contributed by atoms with E-state index in [1.54, 1.807) is 0 Å². The van der Waals surface area contributed by atoms with Crippen molar-refractivity contribution >= 4 is 0 Å². The van der Waals surface area contributed by atoms with E-state index in [9.17, 15) is 0 Å². The summed E-state index contributed by atoms with van der Waals surface area (Å²) in [5.41, 5.74) is 0. The van der Waals surface area contributed by atoms with Crippen molar-refractivity contribution in [2.24, 2.45) is 5.92 Å². The van der Waals surface area contributed by atoms with Crippen LogP contribution in [0.2, 0.25) is 0 Å². The Labute approximate surface area is 69.7 Å². The molecular weight excluding hydrogens is 165 g/mol. The van der Waals surface area contributed by atoms with Crippen LogP contribution in [0, 0.1) is 12.8 Å². The standard InChI is InChI=1S/C5H9O.Y/c1-4(2)5-3-6-5;/h4-5H,1,3H2,2H3;/q-1;. The summed E-state index contributed by atoms with van der Waals surface area (Å²) in [4.78, 5) is 0. The molecule has 0 amide bonds. The Morgan fingerprint density at radius 1 is 1.86 bits per heavy atom. The van der Waals surface area contributed by atoms with Gasteiger partial charge in [-0.1, -0.05) is 6.92 Å². The Hall–Kier alpha value is 1.06. The molecule has 1 radical (unpaired) electrons. The van der Waals surface area contributed by atoms with Gasteiger partial charge in [0.1, 0.15) is 0 Å². The minimum Gasteiger partial charge on any atom is -0.376 e. The van der Waals surface area contributed by atoms with Crippen molar-refractivity contribution in [2.45, 2.75) is 13.0 Å². The molecule has 0 aromatic heterocycles. The first-order valence-electron chi connectivity index (χ1n) is 2.25. The molecule has 1 saturated heterocycles. The molecule has 0 saturated carbocycles. The molecule has 1 nitrogen and oxygen atoms in total. The maximum atomic E-state index is 4.91. The number of hydrogen-bond donors (Lipinski definition) is 0. The SMILES string of the molecule is [CH2-]C(C)C1CO1.[Y]. The van der Waals surface area contributed by atoms with Crippen LogP contribution in [0.4, 0.5) is 0 Å². The van der Waals surface area contributed by atoms with Crippen LogP contribution in [0.1, 0.15) is 6.92 Å². The first-order valence-corrected chi connectivity index (χ1v) is 2.25. The largest absolute Gasteiger partial charge is 0.376 e. The van der Waals surface area contributed by atoms with Gasteiger partial charge in [0.25, 0.3) is 0 Å². The van der Waals surface area contributed by atoms with E-state index in [0.29, 0.717) is 12.0 Å². The van der Waals surface area contributed by atoms with Gasteiger partial charge in [-0.05, 0) is 0 Å². The van der Waals surface area contributed by atoms with Gasteiger partial charge >= 0.3 is 0 Å². The first kappa shape index (κ1) is 8.06. The van der Waals surface area contributed by atoms with Crippen LogP contribution in [-0.2, 0) is 37.4 Å². The van der Waals surface area contributed by atoms with Crippen molar-refractivity contribution in [3.05, 3.63) is 6.92 Å². The molecule has 1 rings (SSSR count). The van der Waals surface area contributed by atoms with E-state index in [-0.39, 0.29) is 32.7 Å². The summed E-state index contributed by atoms with van der Waals surface area (Å²) >= 11 is 0. The third-order valence-corrected chi connectivity index (χ3v) is 0.994. The Kier molecular flexibility index (Phi) is 3.64. The van der Waals surface area contributed by atoms with E-state index in [0.717, 1.165) is 6.61 Å². The molecule has 2 unspecified atom stereocenters. The third kappa shape index (κ3) is 2.79. The van der Waals surface area contributed by atoms with Crippen LogP contribution in [-0.4, -0.2) is 12.7 Å². The number of ether oxygens (including phenoxy) is 1. The zero-order chi connectivity index (χ0) is 4.57. The smallest absolute Gasteiger partial charge is 0.0709 e. The molecule has 0 aromatic rings. The second kappa shape index (κ2) is 3.16. The molecular formula is C5H9OY-. The molecule has 39 valence electrons. The molecule has 7 heavy (non-hydrogen) atoms. The monoisotopic (exact) mass is 174 g/mol. The zero-order valence-electron chi connectivity index (χ0n) is 4.55. The van der Waals surface area contributed by atoms with E-state index in [1.165, 1.54) is 0 Å². The third-order valence-electron chi connectivity index (χ3n) is 0.994. The second-order valence-electron chi connectivity index (χ2n) is 1.85. The maximum absolute atomic E-state index is 4.91. The number of hydrogen-bond acceptors (Lipinski definition) is 1. The van der Waals surface area contributed by atoms with Gasteiger partial charge in [-0.2, -0.15) is 0 Å². The Morgan fingerprint density at radius 3 is 2.29 bits per heavy atom. The maximum Gasteiger partial charge on any atom is 0.0709 e. The molecule has 0 N–H and O–H groups in total. The summed E-state index contributed by atoms with van der Waals surface area (Å²) in [6, 6.07) is 0. The minimum atomic E-state index is 0. The Morgan fingerprint density at radius 2 is 2.29 bits per heavy atom. The fourth-order valence-corrected chi connectivity index (χ4v) is 0.384. The average Bonchev–Trinajstić information content (AvgIpc) is 2.06. The first-order chi connectivity index (χ1) is 2.80. The quantitative estimate of drug-likeness (QED) is 0.424. The van der Waals surface area contributed by atoms with Gasteiger partial charge in [0, 0.05) is 32.7 Å². The molecule has 1 heterocycles. The van der Waals surface area contributed by atoms with E-state index >= 15 is 0 Å². The van der Waals surface area contributed by atoms with E-state index in [4.69, 9.17) is 4.74 Å².